The third kappa shape index (κ3) is 9.19. The van der Waals surface area contributed by atoms with Crippen molar-refractivity contribution in [3.8, 4) is 0 Å². The molecule has 0 bridgehead atoms. The van der Waals surface area contributed by atoms with E-state index in [1.54, 1.807) is 48.6 Å². The van der Waals surface area contributed by atoms with Crippen LogP contribution in [0.15, 0.2) is 77.9 Å². The van der Waals surface area contributed by atoms with Crippen molar-refractivity contribution in [1.29, 1.82) is 0 Å². The number of benzene rings is 3. The number of aliphatic carboxylic acids is 1. The number of nitrogens with one attached hydrogen (secondary N) is 1. The number of hydrogen-bond acceptors (Lipinski definition) is 4. The maximum atomic E-state index is 14.1. The average molecular weight is 674 g/mol. The summed E-state index contributed by atoms with van der Waals surface area (Å²) in [7, 11) is 0. The lowest BCUT2D eigenvalue weighted by Crippen LogP contribution is -2.52. The molecule has 1 aliphatic heterocycles. The highest BCUT2D eigenvalue weighted by Gasteiger charge is 2.33. The first-order chi connectivity index (χ1) is 21.0. The van der Waals surface area contributed by atoms with E-state index in [9.17, 15) is 19.2 Å². The van der Waals surface area contributed by atoms with Crippen LogP contribution in [0.3, 0.4) is 0 Å². The first-order valence-electron chi connectivity index (χ1n) is 13.7. The lowest BCUT2D eigenvalue weighted by molar-refractivity contribution is -0.138. The fourth-order valence-electron chi connectivity index (χ4n) is 4.74. The topological polar surface area (TPSA) is 104 Å². The Balaban J connectivity index is 1.69. The monoisotopic (exact) mass is 672 g/mol. The van der Waals surface area contributed by atoms with Crippen LogP contribution >= 0.6 is 46.4 Å². The van der Waals surface area contributed by atoms with Gasteiger partial charge in [-0.25, -0.2) is 0 Å². The van der Waals surface area contributed by atoms with E-state index in [-0.39, 0.29) is 44.6 Å². The quantitative estimate of drug-likeness (QED) is 0.222. The molecule has 0 aliphatic carbocycles. The second-order valence-corrected chi connectivity index (χ2v) is 11.9. The van der Waals surface area contributed by atoms with E-state index in [2.05, 4.69) is 5.32 Å². The molecule has 2 N–H and O–H groups in total. The number of rotatable bonds is 10. The molecule has 1 saturated heterocycles. The predicted octanol–water partition coefficient (Wildman–Crippen LogP) is 7.16. The van der Waals surface area contributed by atoms with Gasteiger partial charge in [0.2, 0.25) is 11.8 Å². The standard InChI is InChI=1S/C33H28Cl4N2O5/c34-25-11-9-21(15-27(25)36)13-23-18-39(19-24(32(23)43)14-22-10-12-26(35)28(37)16-22)33(44)29(17-20-5-2-1-3-6-20)38-30(40)7-4-8-31(41)42/h1-3,5-6,9-16,29H,4,7-8,17-19H2,(H,38,40)(H,41,42)/b23-13+,24-14+/t29-/m1/s1. The first kappa shape index (κ1) is 33.3. The summed E-state index contributed by atoms with van der Waals surface area (Å²) in [5, 5.41) is 13.1. The zero-order valence-corrected chi connectivity index (χ0v) is 26.4. The summed E-state index contributed by atoms with van der Waals surface area (Å²) in [6.07, 6.45) is 3.44. The number of ketones is 1. The maximum absolute atomic E-state index is 14.1. The number of nitrogens with zero attached hydrogens (tertiary/aromatic N) is 1. The van der Waals surface area contributed by atoms with Crippen molar-refractivity contribution in [2.24, 2.45) is 0 Å². The van der Waals surface area contributed by atoms with Crippen LogP contribution in [0.2, 0.25) is 20.1 Å². The van der Waals surface area contributed by atoms with Crippen molar-refractivity contribution in [2.45, 2.75) is 31.7 Å². The van der Waals surface area contributed by atoms with Crippen LogP contribution in [0.4, 0.5) is 0 Å². The second-order valence-electron chi connectivity index (χ2n) is 10.3. The molecule has 1 heterocycles. The molecule has 1 fully saturated rings. The number of carbonyl (C=O) groups is 4. The van der Waals surface area contributed by atoms with Gasteiger partial charge >= 0.3 is 5.97 Å². The van der Waals surface area contributed by atoms with Crippen LogP contribution < -0.4 is 5.32 Å². The molecule has 1 atom stereocenters. The number of likely N-dealkylation sites (tertiary alicyclic amines) is 1. The highest BCUT2D eigenvalue weighted by molar-refractivity contribution is 6.42. The third-order valence-electron chi connectivity index (χ3n) is 6.90. The minimum absolute atomic E-state index is 0.0171. The summed E-state index contributed by atoms with van der Waals surface area (Å²) < 4.78 is 0. The number of carboxylic acid groups (broad SMARTS) is 1. The highest BCUT2D eigenvalue weighted by atomic mass is 35.5. The zero-order valence-electron chi connectivity index (χ0n) is 23.4. The Bertz CT molecular complexity index is 1560. The van der Waals surface area contributed by atoms with Gasteiger partial charge < -0.3 is 15.3 Å². The molecule has 3 aromatic rings. The predicted molar refractivity (Wildman–Crippen MR) is 174 cm³/mol. The van der Waals surface area contributed by atoms with Gasteiger partial charge in [0, 0.05) is 43.5 Å². The summed E-state index contributed by atoms with van der Waals surface area (Å²) >= 11 is 24.6. The Hall–Kier alpha value is -3.62. The van der Waals surface area contributed by atoms with Crippen LogP contribution in [-0.2, 0) is 25.6 Å². The molecule has 3 aromatic carbocycles. The molecule has 0 radical (unpaired) electrons. The molecule has 11 heteroatoms. The number of carboxylic acids is 1. The van der Waals surface area contributed by atoms with Crippen molar-refractivity contribution >= 4 is 82.1 Å². The van der Waals surface area contributed by atoms with E-state index in [1.807, 2.05) is 30.3 Å². The normalized spacial score (nSPS) is 15.8. The Morgan fingerprint density at radius 3 is 1.84 bits per heavy atom. The van der Waals surface area contributed by atoms with E-state index >= 15 is 0 Å². The number of halogens is 4. The number of hydrogen-bond donors (Lipinski definition) is 2. The zero-order chi connectivity index (χ0) is 31.8. The summed E-state index contributed by atoms with van der Waals surface area (Å²) in [6.45, 7) is -0.0341. The molecule has 2 amide bonds. The van der Waals surface area contributed by atoms with E-state index in [0.717, 1.165) is 5.56 Å². The number of piperidine rings is 1. The molecule has 1 aliphatic rings. The lowest BCUT2D eigenvalue weighted by Gasteiger charge is -2.33. The summed E-state index contributed by atoms with van der Waals surface area (Å²) in [6, 6.07) is 18.2. The lowest BCUT2D eigenvalue weighted by atomic mass is 9.93. The van der Waals surface area contributed by atoms with Gasteiger partial charge in [-0.3, -0.25) is 19.2 Å². The molecular weight excluding hydrogens is 646 g/mol. The van der Waals surface area contributed by atoms with Crippen molar-refractivity contribution in [2.75, 3.05) is 13.1 Å². The van der Waals surface area contributed by atoms with Gasteiger partial charge in [-0.2, -0.15) is 0 Å². The minimum Gasteiger partial charge on any atom is -0.481 e. The van der Waals surface area contributed by atoms with Gasteiger partial charge in [0.05, 0.1) is 20.1 Å². The first-order valence-corrected chi connectivity index (χ1v) is 15.2. The Kier molecular flexibility index (Phi) is 11.6. The van der Waals surface area contributed by atoms with Gasteiger partial charge in [0.1, 0.15) is 6.04 Å². The second kappa shape index (κ2) is 15.4. The fourth-order valence-corrected chi connectivity index (χ4v) is 5.35. The Morgan fingerprint density at radius 2 is 1.34 bits per heavy atom. The maximum Gasteiger partial charge on any atom is 0.303 e. The number of Topliss-reactive ketones (excluding diaryl/α,β-unsaturated/α-hetero) is 1. The molecular formula is C33H28Cl4N2O5. The SMILES string of the molecule is O=C(O)CCCC(=O)N[C@H](Cc1ccccc1)C(=O)N1C/C(=C\c2ccc(Cl)c(Cl)c2)C(=O)/C(=C/c2ccc(Cl)c(Cl)c2)C1. The molecule has 7 nitrogen and oxygen atoms in total. The summed E-state index contributed by atoms with van der Waals surface area (Å²) in [5.41, 5.74) is 2.74. The highest BCUT2D eigenvalue weighted by Crippen LogP contribution is 2.28. The Morgan fingerprint density at radius 1 is 0.795 bits per heavy atom. The Labute approximate surface area is 275 Å². The van der Waals surface area contributed by atoms with Gasteiger partial charge in [0.15, 0.2) is 5.78 Å². The molecule has 0 spiro atoms. The van der Waals surface area contributed by atoms with Crippen molar-refractivity contribution in [3.05, 3.63) is 115 Å². The van der Waals surface area contributed by atoms with Gasteiger partial charge in [0.25, 0.3) is 0 Å². The largest absolute Gasteiger partial charge is 0.481 e. The van der Waals surface area contributed by atoms with Crippen molar-refractivity contribution < 1.29 is 24.3 Å². The van der Waals surface area contributed by atoms with E-state index < -0.39 is 23.8 Å². The fraction of sp³-hybridized carbons (Fsp3) is 0.212. The van der Waals surface area contributed by atoms with Crippen LogP contribution in [-0.4, -0.2) is 52.7 Å². The van der Waals surface area contributed by atoms with Crippen molar-refractivity contribution in [1.82, 2.24) is 10.2 Å². The van der Waals surface area contributed by atoms with Gasteiger partial charge in [-0.1, -0.05) is 88.9 Å². The van der Waals surface area contributed by atoms with E-state index in [4.69, 9.17) is 51.5 Å². The molecule has 4 rings (SSSR count). The van der Waals surface area contributed by atoms with E-state index in [0.29, 0.717) is 42.4 Å². The van der Waals surface area contributed by atoms with Gasteiger partial charge in [-0.05, 0) is 59.5 Å². The molecule has 0 aromatic heterocycles. The molecule has 228 valence electrons. The number of amides is 2. The van der Waals surface area contributed by atoms with Crippen LogP contribution in [0.25, 0.3) is 12.2 Å². The summed E-state index contributed by atoms with van der Waals surface area (Å²) in [5.74, 6) is -2.10. The third-order valence-corrected chi connectivity index (χ3v) is 8.37. The minimum atomic E-state index is -1.00. The van der Waals surface area contributed by atoms with E-state index in [1.165, 1.54) is 4.90 Å². The smallest absolute Gasteiger partial charge is 0.303 e. The number of carbonyl (C=O) groups excluding carboxylic acids is 3. The van der Waals surface area contributed by atoms with Crippen LogP contribution in [0.1, 0.15) is 36.0 Å². The van der Waals surface area contributed by atoms with Crippen LogP contribution in [0, 0.1) is 0 Å². The summed E-state index contributed by atoms with van der Waals surface area (Å²) in [4.78, 5) is 53.0. The molecule has 0 unspecified atom stereocenters. The molecule has 0 saturated carbocycles. The average Bonchev–Trinajstić information content (AvgIpc) is 2.98. The van der Waals surface area contributed by atoms with Crippen molar-refractivity contribution in [3.63, 3.8) is 0 Å². The van der Waals surface area contributed by atoms with Gasteiger partial charge in [-0.15, -0.1) is 0 Å². The van der Waals surface area contributed by atoms with Crippen LogP contribution in [0.5, 0.6) is 0 Å². The molecule has 44 heavy (non-hydrogen) atoms.